The molecule has 2 atom stereocenters. The number of halogens is 1. The van der Waals surface area contributed by atoms with E-state index in [1.807, 2.05) is 49.5 Å². The third-order valence-electron chi connectivity index (χ3n) is 4.05. The second-order valence-electron chi connectivity index (χ2n) is 5.51. The minimum atomic E-state index is -0.794. The van der Waals surface area contributed by atoms with Gasteiger partial charge in [-0.25, -0.2) is 4.39 Å². The van der Waals surface area contributed by atoms with E-state index in [-0.39, 0.29) is 12.4 Å². The van der Waals surface area contributed by atoms with E-state index in [2.05, 4.69) is 0 Å². The molecule has 0 saturated heterocycles. The van der Waals surface area contributed by atoms with Gasteiger partial charge in [-0.2, -0.15) is 0 Å². The van der Waals surface area contributed by atoms with Gasteiger partial charge in [0.15, 0.2) is 0 Å². The molecule has 3 nitrogen and oxygen atoms in total. The highest BCUT2D eigenvalue weighted by Crippen LogP contribution is 2.31. The third-order valence-corrected chi connectivity index (χ3v) is 4.05. The molecule has 1 aromatic heterocycles. The maximum absolute atomic E-state index is 14.4. The van der Waals surface area contributed by atoms with E-state index >= 15 is 0 Å². The van der Waals surface area contributed by atoms with Gasteiger partial charge in [0.05, 0.1) is 17.7 Å². The predicted molar refractivity (Wildman–Crippen MR) is 86.3 cm³/mol. The molecule has 0 amide bonds. The van der Waals surface area contributed by atoms with Crippen molar-refractivity contribution in [2.24, 2.45) is 5.73 Å². The van der Waals surface area contributed by atoms with Gasteiger partial charge in [-0.3, -0.25) is 0 Å². The molecule has 0 aliphatic carbocycles. The van der Waals surface area contributed by atoms with Crippen LogP contribution >= 0.6 is 0 Å². The first-order valence-corrected chi connectivity index (χ1v) is 7.32. The molecule has 0 saturated carbocycles. The van der Waals surface area contributed by atoms with Gasteiger partial charge in [0, 0.05) is 18.1 Å². The Morgan fingerprint density at radius 3 is 2.55 bits per heavy atom. The number of nitrogens with zero attached hydrogens (tertiary/aromatic N) is 1. The van der Waals surface area contributed by atoms with Crippen molar-refractivity contribution in [3.05, 3.63) is 71.7 Å². The van der Waals surface area contributed by atoms with Crippen molar-refractivity contribution in [3.63, 3.8) is 0 Å². The molecule has 3 rings (SSSR count). The normalized spacial score (nSPS) is 14.2. The lowest BCUT2D eigenvalue weighted by Gasteiger charge is -2.25. The van der Waals surface area contributed by atoms with E-state index in [1.54, 1.807) is 10.6 Å². The number of aryl methyl sites for hydroxylation is 1. The second kappa shape index (κ2) is 5.91. The van der Waals surface area contributed by atoms with Crippen LogP contribution in [0.2, 0.25) is 0 Å². The molecule has 2 aromatic carbocycles. The molecule has 0 bridgehead atoms. The minimum Gasteiger partial charge on any atom is -0.389 e. The van der Waals surface area contributed by atoms with Crippen LogP contribution < -0.4 is 5.73 Å². The Labute approximate surface area is 128 Å². The number of hydrogen-bond donors (Lipinski definition) is 2. The van der Waals surface area contributed by atoms with Crippen LogP contribution in [0.5, 0.6) is 0 Å². The van der Waals surface area contributed by atoms with Crippen LogP contribution in [0.15, 0.2) is 54.7 Å². The van der Waals surface area contributed by atoms with E-state index in [4.69, 9.17) is 5.73 Å². The number of rotatable bonds is 4. The fourth-order valence-corrected chi connectivity index (χ4v) is 3.01. The lowest BCUT2D eigenvalue weighted by atomic mass is 10.0. The Kier molecular flexibility index (Phi) is 3.96. The highest BCUT2D eigenvalue weighted by atomic mass is 19.1. The van der Waals surface area contributed by atoms with E-state index < -0.39 is 12.1 Å². The first-order valence-electron chi connectivity index (χ1n) is 7.32. The Morgan fingerprint density at radius 1 is 1.14 bits per heavy atom. The van der Waals surface area contributed by atoms with Gasteiger partial charge in [0.1, 0.15) is 5.82 Å². The van der Waals surface area contributed by atoms with Gasteiger partial charge in [-0.15, -0.1) is 0 Å². The average Bonchev–Trinajstić information content (AvgIpc) is 2.87. The summed E-state index contributed by atoms with van der Waals surface area (Å²) in [5.74, 6) is -0.296. The van der Waals surface area contributed by atoms with Crippen LogP contribution in [0.4, 0.5) is 4.39 Å². The van der Waals surface area contributed by atoms with Crippen LogP contribution in [0.3, 0.4) is 0 Å². The van der Waals surface area contributed by atoms with Crippen molar-refractivity contribution in [2.45, 2.75) is 19.1 Å². The monoisotopic (exact) mass is 298 g/mol. The lowest BCUT2D eigenvalue weighted by molar-refractivity contribution is 0.139. The van der Waals surface area contributed by atoms with Crippen LogP contribution in [-0.4, -0.2) is 22.3 Å². The van der Waals surface area contributed by atoms with Gasteiger partial charge in [0.25, 0.3) is 0 Å². The number of para-hydroxylation sites is 1. The van der Waals surface area contributed by atoms with Gasteiger partial charge in [-0.05, 0) is 24.1 Å². The molecule has 0 aliphatic heterocycles. The Bertz CT molecular complexity index is 782. The van der Waals surface area contributed by atoms with E-state index in [0.717, 1.165) is 16.5 Å². The maximum atomic E-state index is 14.4. The van der Waals surface area contributed by atoms with E-state index in [9.17, 15) is 9.50 Å². The minimum absolute atomic E-state index is 0.104. The SMILES string of the molecule is Cc1cn(C(c2ccccc2)C(O)CN)c2c(F)cccc12. The number of hydrogen-bond acceptors (Lipinski definition) is 2. The summed E-state index contributed by atoms with van der Waals surface area (Å²) in [4.78, 5) is 0. The zero-order chi connectivity index (χ0) is 15.7. The van der Waals surface area contributed by atoms with Crippen molar-refractivity contribution in [2.75, 3.05) is 6.54 Å². The van der Waals surface area contributed by atoms with Crippen LogP contribution in [0.1, 0.15) is 17.2 Å². The summed E-state index contributed by atoms with van der Waals surface area (Å²) in [6, 6.07) is 14.2. The van der Waals surface area contributed by atoms with Crippen molar-refractivity contribution in [3.8, 4) is 0 Å². The van der Waals surface area contributed by atoms with Gasteiger partial charge in [-0.1, -0.05) is 42.5 Å². The lowest BCUT2D eigenvalue weighted by Crippen LogP contribution is -2.31. The summed E-state index contributed by atoms with van der Waals surface area (Å²) in [5.41, 5.74) is 8.06. The number of fused-ring (bicyclic) bond motifs is 1. The summed E-state index contributed by atoms with van der Waals surface area (Å²) >= 11 is 0. The topological polar surface area (TPSA) is 51.2 Å². The third kappa shape index (κ3) is 2.40. The number of nitrogens with two attached hydrogens (primary N) is 1. The fraction of sp³-hybridized carbons (Fsp3) is 0.222. The van der Waals surface area contributed by atoms with Crippen molar-refractivity contribution < 1.29 is 9.50 Å². The molecule has 4 heteroatoms. The zero-order valence-corrected chi connectivity index (χ0v) is 12.4. The Hall–Kier alpha value is -2.17. The largest absolute Gasteiger partial charge is 0.389 e. The van der Waals surface area contributed by atoms with Crippen molar-refractivity contribution >= 4 is 10.9 Å². The Morgan fingerprint density at radius 2 is 1.86 bits per heavy atom. The van der Waals surface area contributed by atoms with Gasteiger partial charge >= 0.3 is 0 Å². The number of aromatic nitrogens is 1. The fourth-order valence-electron chi connectivity index (χ4n) is 3.01. The maximum Gasteiger partial charge on any atom is 0.147 e. The molecular formula is C18H19FN2O. The highest BCUT2D eigenvalue weighted by Gasteiger charge is 2.25. The standard InChI is InChI=1S/C18H19FN2O/c1-12-11-21(18-14(12)8-5-9-15(18)19)17(16(22)10-20)13-6-3-2-4-7-13/h2-9,11,16-17,22H,10,20H2,1H3. The summed E-state index contributed by atoms with van der Waals surface area (Å²) in [7, 11) is 0. The molecule has 3 N–H and O–H groups in total. The summed E-state index contributed by atoms with van der Waals surface area (Å²) in [5, 5.41) is 11.3. The predicted octanol–water partition coefficient (Wildman–Crippen LogP) is 3.00. The number of aliphatic hydroxyl groups is 1. The van der Waals surface area contributed by atoms with Gasteiger partial charge < -0.3 is 15.4 Å². The van der Waals surface area contributed by atoms with Crippen LogP contribution in [0.25, 0.3) is 10.9 Å². The molecule has 0 radical (unpaired) electrons. The molecule has 0 fully saturated rings. The molecule has 2 unspecified atom stereocenters. The molecule has 114 valence electrons. The molecule has 0 aliphatic rings. The summed E-state index contributed by atoms with van der Waals surface area (Å²) in [6.45, 7) is 2.04. The average molecular weight is 298 g/mol. The van der Waals surface area contributed by atoms with Crippen LogP contribution in [-0.2, 0) is 0 Å². The molecule has 0 spiro atoms. The van der Waals surface area contributed by atoms with Gasteiger partial charge in [0.2, 0.25) is 0 Å². The molecule has 22 heavy (non-hydrogen) atoms. The molecule has 1 heterocycles. The first kappa shape index (κ1) is 14.8. The van der Waals surface area contributed by atoms with Crippen LogP contribution in [0, 0.1) is 12.7 Å². The van der Waals surface area contributed by atoms with E-state index in [1.165, 1.54) is 6.07 Å². The smallest absolute Gasteiger partial charge is 0.147 e. The first-order chi connectivity index (χ1) is 10.6. The molecular weight excluding hydrogens is 279 g/mol. The second-order valence-corrected chi connectivity index (χ2v) is 5.51. The van der Waals surface area contributed by atoms with Crippen molar-refractivity contribution in [1.82, 2.24) is 4.57 Å². The van der Waals surface area contributed by atoms with Crippen molar-refractivity contribution in [1.29, 1.82) is 0 Å². The summed E-state index contributed by atoms with van der Waals surface area (Å²) in [6.07, 6.45) is 1.08. The molecule has 3 aromatic rings. The number of benzene rings is 2. The Balaban J connectivity index is 2.25. The quantitative estimate of drug-likeness (QED) is 0.778. The summed E-state index contributed by atoms with van der Waals surface area (Å²) < 4.78 is 16.2. The highest BCUT2D eigenvalue weighted by molar-refractivity contribution is 5.84. The number of aliphatic hydroxyl groups excluding tert-OH is 1. The zero-order valence-electron chi connectivity index (χ0n) is 12.4. The van der Waals surface area contributed by atoms with E-state index in [0.29, 0.717) is 5.52 Å².